The summed E-state index contributed by atoms with van der Waals surface area (Å²) in [5.74, 6) is -1.14. The predicted octanol–water partition coefficient (Wildman–Crippen LogP) is -1.14. The van der Waals surface area contributed by atoms with Crippen LogP contribution in [-0.4, -0.2) is 29.9 Å². The molecule has 96 valence electrons. The van der Waals surface area contributed by atoms with Gasteiger partial charge in [0, 0.05) is 12.1 Å². The molecule has 5 heteroatoms. The molecular weight excluding hydrogens is 232 g/mol. The van der Waals surface area contributed by atoms with Gasteiger partial charge in [0.2, 0.25) is 0 Å². The van der Waals surface area contributed by atoms with E-state index in [-0.39, 0.29) is 18.6 Å². The summed E-state index contributed by atoms with van der Waals surface area (Å²) < 4.78 is 0. The van der Waals surface area contributed by atoms with Gasteiger partial charge in [-0.25, -0.2) is 0 Å². The first-order chi connectivity index (χ1) is 8.65. The summed E-state index contributed by atoms with van der Waals surface area (Å²) in [5, 5.41) is 12.2. The Balaban J connectivity index is 2.27. The standard InChI is InChI=1S/C13H16N2O3/c1-2-7-15-12(14-8-11(16)17)9-5-3-4-6-10(9)13(15)18/h3-6,12,14H,2,7-8H2,1H3,(H,16,17)/t12-/m0/s1. The van der Waals surface area contributed by atoms with Crippen molar-refractivity contribution in [3.05, 3.63) is 35.4 Å². The molecule has 0 bridgehead atoms. The molecule has 0 radical (unpaired) electrons. The number of aliphatic carboxylic acids is 1. The number of carbonyl (C=O) groups excluding carboxylic acids is 2. The van der Waals surface area contributed by atoms with Gasteiger partial charge in [0.25, 0.3) is 5.91 Å². The fourth-order valence-electron chi connectivity index (χ4n) is 2.34. The lowest BCUT2D eigenvalue weighted by Gasteiger charge is -2.22. The molecular formula is C13H16N2O3. The van der Waals surface area contributed by atoms with E-state index in [0.29, 0.717) is 12.1 Å². The molecule has 1 heterocycles. The summed E-state index contributed by atoms with van der Waals surface area (Å²) in [4.78, 5) is 24.5. The van der Waals surface area contributed by atoms with Crippen LogP contribution in [0.25, 0.3) is 0 Å². The Labute approximate surface area is 105 Å². The SMILES string of the molecule is CCCN1C(=O)c2ccccc2[C@H]1[NH2+]CC(=O)[O-]. The number of nitrogens with zero attached hydrogens (tertiary/aromatic N) is 1. The molecule has 1 atom stereocenters. The van der Waals surface area contributed by atoms with E-state index < -0.39 is 5.97 Å². The Morgan fingerprint density at radius 1 is 1.44 bits per heavy atom. The van der Waals surface area contributed by atoms with Gasteiger partial charge in [-0.1, -0.05) is 25.1 Å². The van der Waals surface area contributed by atoms with Crippen LogP contribution in [0.15, 0.2) is 24.3 Å². The van der Waals surface area contributed by atoms with Crippen LogP contribution in [0.3, 0.4) is 0 Å². The number of carboxylic acids is 1. The maximum absolute atomic E-state index is 12.2. The fourth-order valence-corrected chi connectivity index (χ4v) is 2.34. The molecule has 1 amide bonds. The molecule has 5 nitrogen and oxygen atoms in total. The van der Waals surface area contributed by atoms with Gasteiger partial charge < -0.3 is 15.2 Å². The lowest BCUT2D eigenvalue weighted by molar-refractivity contribution is -0.707. The van der Waals surface area contributed by atoms with E-state index in [4.69, 9.17) is 0 Å². The average molecular weight is 248 g/mol. The number of fused-ring (bicyclic) bond motifs is 1. The Morgan fingerprint density at radius 2 is 2.17 bits per heavy atom. The number of carbonyl (C=O) groups is 2. The monoisotopic (exact) mass is 248 g/mol. The van der Waals surface area contributed by atoms with Crippen LogP contribution in [0.2, 0.25) is 0 Å². The normalized spacial score (nSPS) is 17.9. The van der Waals surface area contributed by atoms with Crippen molar-refractivity contribution >= 4 is 11.9 Å². The number of hydrogen-bond acceptors (Lipinski definition) is 3. The molecule has 18 heavy (non-hydrogen) atoms. The van der Waals surface area contributed by atoms with Gasteiger partial charge >= 0.3 is 0 Å². The highest BCUT2D eigenvalue weighted by Gasteiger charge is 2.38. The van der Waals surface area contributed by atoms with Crippen LogP contribution in [0.4, 0.5) is 0 Å². The lowest BCUT2D eigenvalue weighted by atomic mass is 10.1. The lowest BCUT2D eigenvalue weighted by Crippen LogP contribution is -2.90. The van der Waals surface area contributed by atoms with Crippen molar-refractivity contribution in [3.63, 3.8) is 0 Å². The summed E-state index contributed by atoms with van der Waals surface area (Å²) in [6, 6.07) is 7.34. The summed E-state index contributed by atoms with van der Waals surface area (Å²) >= 11 is 0. The summed E-state index contributed by atoms with van der Waals surface area (Å²) in [6.45, 7) is 2.47. The van der Waals surface area contributed by atoms with E-state index in [0.717, 1.165) is 12.0 Å². The van der Waals surface area contributed by atoms with Gasteiger partial charge in [-0.05, 0) is 12.5 Å². The second-order valence-electron chi connectivity index (χ2n) is 4.34. The first-order valence-corrected chi connectivity index (χ1v) is 6.08. The molecule has 0 saturated carbocycles. The second kappa shape index (κ2) is 5.18. The minimum absolute atomic E-state index is 0.0213. The van der Waals surface area contributed by atoms with Gasteiger partial charge in [-0.15, -0.1) is 0 Å². The molecule has 0 fully saturated rings. The third-order valence-electron chi connectivity index (χ3n) is 3.08. The number of rotatable bonds is 5. The number of quaternary nitrogens is 1. The first-order valence-electron chi connectivity index (χ1n) is 6.08. The number of benzene rings is 1. The van der Waals surface area contributed by atoms with E-state index in [1.807, 2.05) is 25.1 Å². The molecule has 2 N–H and O–H groups in total. The maximum Gasteiger partial charge on any atom is 0.259 e. The molecule has 1 aromatic carbocycles. The molecule has 0 aliphatic carbocycles. The van der Waals surface area contributed by atoms with E-state index >= 15 is 0 Å². The van der Waals surface area contributed by atoms with E-state index in [1.54, 1.807) is 16.3 Å². The minimum atomic E-state index is -1.12. The van der Waals surface area contributed by atoms with Crippen LogP contribution in [0.1, 0.15) is 35.4 Å². The van der Waals surface area contributed by atoms with E-state index in [1.165, 1.54) is 0 Å². The minimum Gasteiger partial charge on any atom is -0.544 e. The van der Waals surface area contributed by atoms with Crippen LogP contribution in [0.5, 0.6) is 0 Å². The zero-order valence-electron chi connectivity index (χ0n) is 10.3. The van der Waals surface area contributed by atoms with Crippen molar-refractivity contribution in [2.24, 2.45) is 0 Å². The zero-order chi connectivity index (χ0) is 13.1. The van der Waals surface area contributed by atoms with Crippen molar-refractivity contribution in [2.45, 2.75) is 19.5 Å². The van der Waals surface area contributed by atoms with Crippen LogP contribution >= 0.6 is 0 Å². The van der Waals surface area contributed by atoms with Gasteiger partial charge in [0.05, 0.1) is 11.5 Å². The van der Waals surface area contributed by atoms with Crippen molar-refractivity contribution in [1.82, 2.24) is 4.90 Å². The van der Waals surface area contributed by atoms with Gasteiger partial charge in [0.15, 0.2) is 6.17 Å². The van der Waals surface area contributed by atoms with Crippen molar-refractivity contribution in [3.8, 4) is 0 Å². The topological polar surface area (TPSA) is 77.0 Å². The summed E-state index contributed by atoms with van der Waals surface area (Å²) in [6.07, 6.45) is 0.599. The van der Waals surface area contributed by atoms with Crippen LogP contribution in [-0.2, 0) is 4.79 Å². The fraction of sp³-hybridized carbons (Fsp3) is 0.385. The Hall–Kier alpha value is -1.88. The second-order valence-corrected chi connectivity index (χ2v) is 4.34. The number of nitrogens with two attached hydrogens (primary N) is 1. The predicted molar refractivity (Wildman–Crippen MR) is 62.3 cm³/mol. The highest BCUT2D eigenvalue weighted by Crippen LogP contribution is 2.28. The highest BCUT2D eigenvalue weighted by atomic mass is 16.4. The quantitative estimate of drug-likeness (QED) is 0.716. The molecule has 0 spiro atoms. The maximum atomic E-state index is 12.2. The first kappa shape index (κ1) is 12.6. The molecule has 1 aliphatic rings. The summed E-state index contributed by atoms with van der Waals surface area (Å²) in [5.41, 5.74) is 1.56. The number of carboxylic acid groups (broad SMARTS) is 1. The van der Waals surface area contributed by atoms with Gasteiger partial charge in [0.1, 0.15) is 6.54 Å². The molecule has 0 unspecified atom stereocenters. The molecule has 1 aliphatic heterocycles. The Kier molecular flexibility index (Phi) is 3.62. The molecule has 0 saturated heterocycles. The third kappa shape index (κ3) is 2.22. The number of amides is 1. The van der Waals surface area contributed by atoms with Crippen LogP contribution < -0.4 is 10.4 Å². The van der Waals surface area contributed by atoms with Crippen molar-refractivity contribution < 1.29 is 20.0 Å². The average Bonchev–Trinajstić information content (AvgIpc) is 2.62. The Bertz CT molecular complexity index is 473. The van der Waals surface area contributed by atoms with Crippen LogP contribution in [0, 0.1) is 0 Å². The van der Waals surface area contributed by atoms with Crippen molar-refractivity contribution in [2.75, 3.05) is 13.1 Å². The largest absolute Gasteiger partial charge is 0.544 e. The third-order valence-corrected chi connectivity index (χ3v) is 3.08. The smallest absolute Gasteiger partial charge is 0.259 e. The zero-order valence-corrected chi connectivity index (χ0v) is 10.3. The molecule has 2 rings (SSSR count). The molecule has 0 aromatic heterocycles. The van der Waals surface area contributed by atoms with Gasteiger partial charge in [-0.3, -0.25) is 9.69 Å². The highest BCUT2D eigenvalue weighted by molar-refractivity contribution is 5.98. The Morgan fingerprint density at radius 3 is 2.83 bits per heavy atom. The van der Waals surface area contributed by atoms with E-state index in [9.17, 15) is 14.7 Å². The molecule has 1 aromatic rings. The van der Waals surface area contributed by atoms with E-state index in [2.05, 4.69) is 0 Å². The number of hydrogen-bond donors (Lipinski definition) is 1. The van der Waals surface area contributed by atoms with Gasteiger partial charge in [-0.2, -0.15) is 0 Å². The van der Waals surface area contributed by atoms with Crippen molar-refractivity contribution in [1.29, 1.82) is 0 Å². The summed E-state index contributed by atoms with van der Waals surface area (Å²) in [7, 11) is 0.